The van der Waals surface area contributed by atoms with E-state index in [2.05, 4.69) is 14.8 Å². The van der Waals surface area contributed by atoms with Crippen molar-refractivity contribution in [3.05, 3.63) is 23.0 Å². The average Bonchev–Trinajstić information content (AvgIpc) is 2.92. The summed E-state index contributed by atoms with van der Waals surface area (Å²) in [5, 5.41) is 11.3. The summed E-state index contributed by atoms with van der Waals surface area (Å²) in [5.74, 6) is 0.113. The van der Waals surface area contributed by atoms with E-state index in [0.29, 0.717) is 25.8 Å². The first-order valence-corrected chi connectivity index (χ1v) is 7.69. The molecule has 0 aliphatic rings. The predicted octanol–water partition coefficient (Wildman–Crippen LogP) is 1.87. The molecule has 20 heavy (non-hydrogen) atoms. The number of aliphatic hydroxyl groups excluding tert-OH is 1. The van der Waals surface area contributed by atoms with Crippen LogP contribution in [0.15, 0.2) is 11.6 Å². The number of rotatable bonds is 6. The van der Waals surface area contributed by atoms with Gasteiger partial charge in [-0.3, -0.25) is 9.20 Å². The van der Waals surface area contributed by atoms with Crippen LogP contribution in [0.2, 0.25) is 0 Å². The SMILES string of the molecule is Cc1cn2c(CCC(=O)N(C)CCC(C)O)csc2n1. The van der Waals surface area contributed by atoms with Gasteiger partial charge in [0.05, 0.1) is 11.8 Å². The summed E-state index contributed by atoms with van der Waals surface area (Å²) in [6.07, 6.45) is 3.46. The second-order valence-electron chi connectivity index (χ2n) is 5.21. The Morgan fingerprint density at radius 2 is 2.35 bits per heavy atom. The summed E-state index contributed by atoms with van der Waals surface area (Å²) < 4.78 is 2.06. The number of aromatic nitrogens is 2. The van der Waals surface area contributed by atoms with Crippen LogP contribution in [0.25, 0.3) is 4.96 Å². The van der Waals surface area contributed by atoms with Crippen LogP contribution in [-0.4, -0.2) is 45.0 Å². The van der Waals surface area contributed by atoms with E-state index in [4.69, 9.17) is 0 Å². The topological polar surface area (TPSA) is 57.8 Å². The number of aliphatic hydroxyl groups is 1. The Morgan fingerprint density at radius 3 is 3.05 bits per heavy atom. The molecule has 0 fully saturated rings. The minimum absolute atomic E-state index is 0.113. The second-order valence-corrected chi connectivity index (χ2v) is 6.05. The lowest BCUT2D eigenvalue weighted by Gasteiger charge is -2.17. The molecule has 1 N–H and O–H groups in total. The molecule has 2 aromatic rings. The van der Waals surface area contributed by atoms with Crippen LogP contribution >= 0.6 is 11.3 Å². The van der Waals surface area contributed by atoms with E-state index in [9.17, 15) is 9.90 Å². The van der Waals surface area contributed by atoms with E-state index < -0.39 is 0 Å². The van der Waals surface area contributed by atoms with Gasteiger partial charge in [-0.2, -0.15) is 0 Å². The molecule has 1 unspecified atom stereocenters. The standard InChI is InChI=1S/C14H21N3O2S/c1-10-8-17-12(9-20-14(17)15-10)4-5-13(19)16(3)7-6-11(2)18/h8-9,11,18H,4-7H2,1-3H3. The molecule has 0 aliphatic carbocycles. The molecule has 0 bridgehead atoms. The quantitative estimate of drug-likeness (QED) is 0.885. The Bertz CT molecular complexity index is 588. The highest BCUT2D eigenvalue weighted by Gasteiger charge is 2.12. The van der Waals surface area contributed by atoms with Gasteiger partial charge < -0.3 is 10.0 Å². The van der Waals surface area contributed by atoms with Crippen LogP contribution in [0.1, 0.15) is 31.2 Å². The lowest BCUT2D eigenvalue weighted by Crippen LogP contribution is -2.29. The Balaban J connectivity index is 1.89. The highest BCUT2D eigenvalue weighted by molar-refractivity contribution is 7.15. The maximum Gasteiger partial charge on any atom is 0.222 e. The highest BCUT2D eigenvalue weighted by atomic mass is 32.1. The number of nitrogens with zero attached hydrogens (tertiary/aromatic N) is 3. The van der Waals surface area contributed by atoms with Crippen LogP contribution in [0.4, 0.5) is 0 Å². The first-order valence-electron chi connectivity index (χ1n) is 6.81. The normalized spacial score (nSPS) is 12.8. The van der Waals surface area contributed by atoms with E-state index in [0.717, 1.165) is 16.3 Å². The van der Waals surface area contributed by atoms with Gasteiger partial charge in [0.2, 0.25) is 5.91 Å². The number of hydrogen-bond donors (Lipinski definition) is 1. The maximum absolute atomic E-state index is 12.0. The zero-order valence-electron chi connectivity index (χ0n) is 12.2. The zero-order valence-corrected chi connectivity index (χ0v) is 13.0. The molecule has 0 aromatic carbocycles. The molecule has 0 aliphatic heterocycles. The molecule has 110 valence electrons. The number of amides is 1. The van der Waals surface area contributed by atoms with E-state index in [1.165, 1.54) is 0 Å². The molecule has 6 heteroatoms. The summed E-state index contributed by atoms with van der Waals surface area (Å²) in [5.41, 5.74) is 2.13. The Morgan fingerprint density at radius 1 is 1.60 bits per heavy atom. The molecular formula is C14H21N3O2S. The predicted molar refractivity (Wildman–Crippen MR) is 80.1 cm³/mol. The number of carbonyl (C=O) groups excluding carboxylic acids is 1. The molecule has 0 saturated heterocycles. The fraction of sp³-hybridized carbons (Fsp3) is 0.571. The molecule has 5 nitrogen and oxygen atoms in total. The average molecular weight is 295 g/mol. The fourth-order valence-electron chi connectivity index (χ4n) is 2.05. The van der Waals surface area contributed by atoms with E-state index in [-0.39, 0.29) is 12.0 Å². The summed E-state index contributed by atoms with van der Waals surface area (Å²) in [6, 6.07) is 0. The second kappa shape index (κ2) is 6.37. The van der Waals surface area contributed by atoms with Crippen molar-refractivity contribution in [3.8, 4) is 0 Å². The van der Waals surface area contributed by atoms with Gasteiger partial charge in [0.25, 0.3) is 0 Å². The molecule has 2 aromatic heterocycles. The largest absolute Gasteiger partial charge is 0.393 e. The molecule has 2 rings (SSSR count). The lowest BCUT2D eigenvalue weighted by molar-refractivity contribution is -0.130. The summed E-state index contributed by atoms with van der Waals surface area (Å²) in [7, 11) is 1.79. The molecule has 1 atom stereocenters. The highest BCUT2D eigenvalue weighted by Crippen LogP contribution is 2.17. The van der Waals surface area contributed by atoms with E-state index >= 15 is 0 Å². The van der Waals surface area contributed by atoms with Gasteiger partial charge in [-0.1, -0.05) is 0 Å². The van der Waals surface area contributed by atoms with E-state index in [1.807, 2.05) is 13.1 Å². The number of imidazole rings is 1. The lowest BCUT2D eigenvalue weighted by atomic mass is 10.2. The van der Waals surface area contributed by atoms with Gasteiger partial charge in [-0.25, -0.2) is 4.98 Å². The third-order valence-corrected chi connectivity index (χ3v) is 4.20. The Hall–Kier alpha value is -1.40. The van der Waals surface area contributed by atoms with Crippen LogP contribution in [0.5, 0.6) is 0 Å². The Labute approximate surface area is 122 Å². The maximum atomic E-state index is 12.0. The molecular weight excluding hydrogens is 274 g/mol. The zero-order chi connectivity index (χ0) is 14.7. The van der Waals surface area contributed by atoms with Crippen molar-refractivity contribution >= 4 is 22.2 Å². The third-order valence-electron chi connectivity index (χ3n) is 3.31. The van der Waals surface area contributed by atoms with Crippen molar-refractivity contribution in [2.75, 3.05) is 13.6 Å². The van der Waals surface area contributed by atoms with Crippen molar-refractivity contribution in [1.82, 2.24) is 14.3 Å². The van der Waals surface area contributed by atoms with Crippen molar-refractivity contribution in [2.24, 2.45) is 0 Å². The van der Waals surface area contributed by atoms with Gasteiger partial charge in [0, 0.05) is 37.3 Å². The van der Waals surface area contributed by atoms with Gasteiger partial charge in [0.15, 0.2) is 4.96 Å². The monoisotopic (exact) mass is 295 g/mol. The van der Waals surface area contributed by atoms with E-state index in [1.54, 1.807) is 30.2 Å². The number of thiazole rings is 1. The molecule has 0 spiro atoms. The summed E-state index contributed by atoms with van der Waals surface area (Å²) in [4.78, 5) is 19.1. The van der Waals surface area contributed by atoms with Crippen LogP contribution in [-0.2, 0) is 11.2 Å². The first-order chi connectivity index (χ1) is 9.47. The van der Waals surface area contributed by atoms with Gasteiger partial charge in [0.1, 0.15) is 0 Å². The Kier molecular flexibility index (Phi) is 4.77. The number of carbonyl (C=O) groups is 1. The van der Waals surface area contributed by atoms with Gasteiger partial charge >= 0.3 is 0 Å². The van der Waals surface area contributed by atoms with Crippen molar-refractivity contribution in [1.29, 1.82) is 0 Å². The van der Waals surface area contributed by atoms with Crippen molar-refractivity contribution < 1.29 is 9.90 Å². The number of fused-ring (bicyclic) bond motifs is 1. The van der Waals surface area contributed by atoms with Crippen LogP contribution in [0.3, 0.4) is 0 Å². The van der Waals surface area contributed by atoms with Gasteiger partial charge in [-0.15, -0.1) is 11.3 Å². The van der Waals surface area contributed by atoms with Gasteiger partial charge in [-0.05, 0) is 26.7 Å². The minimum Gasteiger partial charge on any atom is -0.393 e. The van der Waals surface area contributed by atoms with Crippen LogP contribution in [0, 0.1) is 6.92 Å². The number of aryl methyl sites for hydroxylation is 2. The smallest absolute Gasteiger partial charge is 0.222 e. The fourth-order valence-corrected chi connectivity index (χ4v) is 3.01. The summed E-state index contributed by atoms with van der Waals surface area (Å²) >= 11 is 1.60. The third kappa shape index (κ3) is 3.58. The number of hydrogen-bond acceptors (Lipinski definition) is 4. The summed E-state index contributed by atoms with van der Waals surface area (Å²) in [6.45, 7) is 4.31. The molecule has 2 heterocycles. The molecule has 0 radical (unpaired) electrons. The van der Waals surface area contributed by atoms with Crippen molar-refractivity contribution in [3.63, 3.8) is 0 Å². The molecule has 1 amide bonds. The van der Waals surface area contributed by atoms with Crippen molar-refractivity contribution in [2.45, 2.75) is 39.2 Å². The van der Waals surface area contributed by atoms with Crippen LogP contribution < -0.4 is 0 Å². The minimum atomic E-state index is -0.365. The molecule has 0 saturated carbocycles. The first kappa shape index (κ1) is 15.0.